The second-order valence-corrected chi connectivity index (χ2v) is 7.38. The predicted octanol–water partition coefficient (Wildman–Crippen LogP) is 4.66. The Labute approximate surface area is 171 Å². The minimum absolute atomic E-state index is 0.216. The van der Waals surface area contributed by atoms with Crippen LogP contribution in [0.4, 0.5) is 5.69 Å². The van der Waals surface area contributed by atoms with Crippen LogP contribution >= 0.6 is 34.8 Å². The van der Waals surface area contributed by atoms with Gasteiger partial charge in [-0.15, -0.1) is 0 Å². The molecule has 0 N–H and O–H groups in total. The van der Waals surface area contributed by atoms with Gasteiger partial charge in [-0.25, -0.2) is 0 Å². The van der Waals surface area contributed by atoms with Crippen LogP contribution in [0.1, 0.15) is 12.0 Å². The Kier molecular flexibility index (Phi) is 5.23. The van der Waals surface area contributed by atoms with E-state index in [0.717, 1.165) is 0 Å². The number of fused-ring (bicyclic) bond motifs is 2. The molecule has 0 aromatic heterocycles. The molecule has 1 saturated heterocycles. The fraction of sp³-hybridized carbons (Fsp3) is 0.316. The van der Waals surface area contributed by atoms with Gasteiger partial charge in [0.25, 0.3) is 11.7 Å². The van der Waals surface area contributed by atoms with Gasteiger partial charge in [0.15, 0.2) is 0 Å². The molecule has 1 fully saturated rings. The highest BCUT2D eigenvalue weighted by molar-refractivity contribution is 6.38. The number of halogens is 3. The number of para-hydroxylation sites is 1. The number of benzene rings is 2. The Hall–Kier alpha value is -1.50. The summed E-state index contributed by atoms with van der Waals surface area (Å²) in [6, 6.07) is 10.4. The average Bonchev–Trinajstić information content (AvgIpc) is 2.91. The highest BCUT2D eigenvalue weighted by atomic mass is 35.5. The Morgan fingerprint density at radius 2 is 1.70 bits per heavy atom. The molecule has 2 aromatic carbocycles. The minimum Gasteiger partial charge on any atom is -0.490 e. The first-order valence-electron chi connectivity index (χ1n) is 8.50. The first-order chi connectivity index (χ1) is 13.0. The van der Waals surface area contributed by atoms with Crippen LogP contribution < -0.4 is 9.64 Å². The Bertz CT molecular complexity index is 883. The van der Waals surface area contributed by atoms with E-state index in [0.29, 0.717) is 51.7 Å². The maximum atomic E-state index is 13.2. The monoisotopic (exact) mass is 427 g/mol. The van der Waals surface area contributed by atoms with E-state index in [2.05, 4.69) is 0 Å². The molecule has 0 bridgehead atoms. The van der Waals surface area contributed by atoms with Gasteiger partial charge in [-0.1, -0.05) is 46.9 Å². The van der Waals surface area contributed by atoms with Crippen molar-refractivity contribution in [3.05, 3.63) is 57.0 Å². The smallest absolute Gasteiger partial charge is 0.292 e. The molecule has 8 heteroatoms. The Morgan fingerprint density at radius 1 is 1.00 bits per heavy atom. The lowest BCUT2D eigenvalue weighted by atomic mass is 10.1. The van der Waals surface area contributed by atoms with Gasteiger partial charge in [-0.2, -0.15) is 0 Å². The number of nitrogens with zero attached hydrogens (tertiary/aromatic N) is 1. The molecule has 2 aliphatic heterocycles. The van der Waals surface area contributed by atoms with Gasteiger partial charge >= 0.3 is 0 Å². The summed E-state index contributed by atoms with van der Waals surface area (Å²) < 4.78 is 17.3. The van der Waals surface area contributed by atoms with E-state index in [1.807, 2.05) is 12.1 Å². The molecular weight excluding hydrogens is 413 g/mol. The predicted molar refractivity (Wildman–Crippen MR) is 104 cm³/mol. The summed E-state index contributed by atoms with van der Waals surface area (Å²) in [6.07, 6.45) is 0.707. The van der Waals surface area contributed by atoms with Crippen molar-refractivity contribution in [2.75, 3.05) is 31.3 Å². The zero-order valence-corrected chi connectivity index (χ0v) is 16.5. The largest absolute Gasteiger partial charge is 0.490 e. The summed E-state index contributed by atoms with van der Waals surface area (Å²) in [5, 5.41) is 1.27. The van der Waals surface area contributed by atoms with Gasteiger partial charge < -0.3 is 19.1 Å². The number of carbonyl (C=O) groups excluding carboxylic acids is 1. The van der Waals surface area contributed by atoms with E-state index in [1.165, 1.54) is 4.90 Å². The number of rotatable bonds is 4. The zero-order chi connectivity index (χ0) is 19.0. The van der Waals surface area contributed by atoms with Crippen LogP contribution in [0.5, 0.6) is 5.75 Å². The third kappa shape index (κ3) is 3.18. The van der Waals surface area contributed by atoms with E-state index >= 15 is 0 Å². The molecule has 5 nitrogen and oxygen atoms in total. The number of hydrogen-bond donors (Lipinski definition) is 0. The SMILES string of the molecule is O=C1N(CCOc2ccccc2Cl)c2c(Cl)ccc(Cl)c2C12OCCCO2. The molecule has 0 aliphatic carbocycles. The summed E-state index contributed by atoms with van der Waals surface area (Å²) in [5.41, 5.74) is 0.956. The molecule has 2 heterocycles. The van der Waals surface area contributed by atoms with Gasteiger partial charge in [0, 0.05) is 0 Å². The first kappa shape index (κ1) is 18.8. The highest BCUT2D eigenvalue weighted by Gasteiger charge is 2.56. The van der Waals surface area contributed by atoms with Crippen molar-refractivity contribution < 1.29 is 19.0 Å². The van der Waals surface area contributed by atoms with Crippen molar-refractivity contribution in [1.29, 1.82) is 0 Å². The summed E-state index contributed by atoms with van der Waals surface area (Å²) in [4.78, 5) is 14.7. The van der Waals surface area contributed by atoms with E-state index in [4.69, 9.17) is 49.0 Å². The second-order valence-electron chi connectivity index (χ2n) is 6.16. The third-order valence-electron chi connectivity index (χ3n) is 4.51. The molecule has 1 spiro atoms. The molecule has 2 aromatic rings. The van der Waals surface area contributed by atoms with E-state index in [1.54, 1.807) is 24.3 Å². The van der Waals surface area contributed by atoms with Crippen molar-refractivity contribution in [2.24, 2.45) is 0 Å². The molecule has 4 rings (SSSR count). The summed E-state index contributed by atoms with van der Waals surface area (Å²) in [7, 11) is 0. The van der Waals surface area contributed by atoms with Crippen LogP contribution in [-0.2, 0) is 20.1 Å². The van der Waals surface area contributed by atoms with Gasteiger partial charge in [0.1, 0.15) is 12.4 Å². The van der Waals surface area contributed by atoms with Crippen molar-refractivity contribution in [1.82, 2.24) is 0 Å². The van der Waals surface area contributed by atoms with E-state index in [-0.39, 0.29) is 19.1 Å². The number of amides is 1. The van der Waals surface area contributed by atoms with Crippen molar-refractivity contribution in [3.8, 4) is 5.75 Å². The fourth-order valence-corrected chi connectivity index (χ4v) is 4.05. The molecule has 142 valence electrons. The Morgan fingerprint density at radius 3 is 2.44 bits per heavy atom. The van der Waals surface area contributed by atoms with Crippen LogP contribution in [0.15, 0.2) is 36.4 Å². The summed E-state index contributed by atoms with van der Waals surface area (Å²) in [6.45, 7) is 1.26. The lowest BCUT2D eigenvalue weighted by Crippen LogP contribution is -2.48. The lowest BCUT2D eigenvalue weighted by molar-refractivity contribution is -0.256. The zero-order valence-electron chi connectivity index (χ0n) is 14.2. The lowest BCUT2D eigenvalue weighted by Gasteiger charge is -2.32. The van der Waals surface area contributed by atoms with Crippen molar-refractivity contribution >= 4 is 46.4 Å². The van der Waals surface area contributed by atoms with Crippen molar-refractivity contribution in [3.63, 3.8) is 0 Å². The molecule has 27 heavy (non-hydrogen) atoms. The molecule has 0 unspecified atom stereocenters. The molecule has 0 saturated carbocycles. The first-order valence-corrected chi connectivity index (χ1v) is 9.63. The second kappa shape index (κ2) is 7.49. The van der Waals surface area contributed by atoms with Crippen LogP contribution in [-0.4, -0.2) is 32.3 Å². The normalized spacial score (nSPS) is 18.0. The third-order valence-corrected chi connectivity index (χ3v) is 5.44. The number of anilines is 1. The maximum absolute atomic E-state index is 13.2. The highest BCUT2D eigenvalue weighted by Crippen LogP contribution is 2.51. The molecular formula is C19H16Cl3NO4. The van der Waals surface area contributed by atoms with Crippen LogP contribution in [0, 0.1) is 0 Å². The van der Waals surface area contributed by atoms with Crippen LogP contribution in [0.2, 0.25) is 15.1 Å². The summed E-state index contributed by atoms with van der Waals surface area (Å²) in [5.74, 6) is -1.35. The topological polar surface area (TPSA) is 48.0 Å². The van der Waals surface area contributed by atoms with Gasteiger partial charge in [-0.3, -0.25) is 4.79 Å². The number of carbonyl (C=O) groups is 1. The van der Waals surface area contributed by atoms with Gasteiger partial charge in [-0.05, 0) is 30.7 Å². The van der Waals surface area contributed by atoms with Gasteiger partial charge in [0.05, 0.1) is 46.1 Å². The van der Waals surface area contributed by atoms with Crippen molar-refractivity contribution in [2.45, 2.75) is 12.2 Å². The average molecular weight is 429 g/mol. The quantitative estimate of drug-likeness (QED) is 0.710. The summed E-state index contributed by atoms with van der Waals surface area (Å²) >= 11 is 18.9. The molecule has 0 atom stereocenters. The maximum Gasteiger partial charge on any atom is 0.292 e. The number of hydrogen-bond acceptors (Lipinski definition) is 4. The standard InChI is InChI=1S/C19H16Cl3NO4/c20-12-4-1-2-5-15(12)25-11-8-23-17-14(22)7-6-13(21)16(17)19(18(23)24)26-9-3-10-27-19/h1-2,4-7H,3,8-11H2. The van der Waals surface area contributed by atoms with E-state index < -0.39 is 5.79 Å². The molecule has 2 aliphatic rings. The fourth-order valence-electron chi connectivity index (χ4n) is 3.33. The van der Waals surface area contributed by atoms with Crippen LogP contribution in [0.25, 0.3) is 0 Å². The molecule has 1 amide bonds. The number of ether oxygens (including phenoxy) is 3. The van der Waals surface area contributed by atoms with Gasteiger partial charge in [0.2, 0.25) is 0 Å². The van der Waals surface area contributed by atoms with Crippen LogP contribution in [0.3, 0.4) is 0 Å². The Balaban J connectivity index is 1.63. The minimum atomic E-state index is -1.54. The molecule has 0 radical (unpaired) electrons. The van der Waals surface area contributed by atoms with E-state index in [9.17, 15) is 4.79 Å².